The van der Waals surface area contributed by atoms with Gasteiger partial charge in [0, 0.05) is 18.4 Å². The van der Waals surface area contributed by atoms with E-state index in [1.54, 1.807) is 0 Å². The van der Waals surface area contributed by atoms with Crippen LogP contribution < -0.4 is 5.32 Å². The molecular weight excluding hydrogens is 394 g/mol. The molecule has 1 N–H and O–H groups in total. The van der Waals surface area contributed by atoms with Crippen LogP contribution in [0, 0.1) is 45.8 Å². The molecule has 6 fully saturated rings. The summed E-state index contributed by atoms with van der Waals surface area (Å²) < 4.78 is 7.13. The number of carbonyl (C=O) groups is 1. The zero-order chi connectivity index (χ0) is 22.1. The molecule has 3 nitrogen and oxygen atoms in total. The number of allylic oxidation sites excluding steroid dienone is 2. The summed E-state index contributed by atoms with van der Waals surface area (Å²) in [7, 11) is 0. The monoisotopic (exact) mass is 437 g/mol. The molecule has 4 saturated carbocycles. The summed E-state index contributed by atoms with van der Waals surface area (Å²) in [6.07, 6.45) is 14.9. The summed E-state index contributed by atoms with van der Waals surface area (Å²) in [5.74, 6) is 4.32. The Morgan fingerprint density at radius 2 is 1.91 bits per heavy atom. The van der Waals surface area contributed by atoms with Gasteiger partial charge in [-0.15, -0.1) is 0 Å². The zero-order valence-electron chi connectivity index (χ0n) is 20.7. The van der Waals surface area contributed by atoms with E-state index in [0.717, 1.165) is 43.1 Å². The van der Waals surface area contributed by atoms with E-state index in [-0.39, 0.29) is 5.60 Å². The minimum Gasteiger partial charge on any atom is -0.370 e. The Hall–Kier alpha value is -0.670. The van der Waals surface area contributed by atoms with Gasteiger partial charge in [0.1, 0.15) is 0 Å². The first-order chi connectivity index (χ1) is 15.2. The molecule has 0 radical (unpaired) electrons. The first-order valence-corrected chi connectivity index (χ1v) is 13.8. The van der Waals surface area contributed by atoms with Gasteiger partial charge in [0.25, 0.3) is 0 Å². The number of ether oxygens (including phenoxy) is 1. The highest BCUT2D eigenvalue weighted by atomic mass is 16.5. The lowest BCUT2D eigenvalue weighted by Crippen LogP contribution is -2.49. The fourth-order valence-corrected chi connectivity index (χ4v) is 10.9. The maximum Gasteiger partial charge on any atom is 0.155 e. The molecule has 32 heavy (non-hydrogen) atoms. The number of ketones is 1. The predicted molar refractivity (Wildman–Crippen MR) is 126 cm³/mol. The van der Waals surface area contributed by atoms with E-state index in [1.807, 2.05) is 0 Å². The van der Waals surface area contributed by atoms with Crippen LogP contribution in [0.15, 0.2) is 11.6 Å². The topological polar surface area (TPSA) is 38.3 Å². The summed E-state index contributed by atoms with van der Waals surface area (Å²) in [6, 6.07) is 0.566. The van der Waals surface area contributed by atoms with Crippen molar-refractivity contribution in [2.45, 2.75) is 110 Å². The van der Waals surface area contributed by atoms with Crippen molar-refractivity contribution >= 4 is 5.78 Å². The predicted octanol–water partition coefficient (Wildman–Crippen LogP) is 5.68. The molecule has 5 aliphatic carbocycles. The van der Waals surface area contributed by atoms with Crippen molar-refractivity contribution in [1.29, 1.82) is 0 Å². The Morgan fingerprint density at radius 1 is 1.06 bits per heavy atom. The molecule has 5 unspecified atom stereocenters. The van der Waals surface area contributed by atoms with Crippen LogP contribution in [0.1, 0.15) is 91.9 Å². The Morgan fingerprint density at radius 3 is 2.75 bits per heavy atom. The summed E-state index contributed by atoms with van der Waals surface area (Å²) in [4.78, 5) is 12.2. The van der Waals surface area contributed by atoms with Gasteiger partial charge in [-0.2, -0.15) is 0 Å². The average Bonchev–Trinajstić information content (AvgIpc) is 3.06. The number of fused-ring (bicyclic) bond motifs is 5. The minimum atomic E-state index is 0.103. The molecule has 0 bridgehead atoms. The molecule has 0 aromatic heterocycles. The highest BCUT2D eigenvalue weighted by Crippen LogP contribution is 2.83. The number of rotatable bonds is 0. The van der Waals surface area contributed by atoms with Crippen LogP contribution in [0.2, 0.25) is 0 Å². The molecule has 0 amide bonds. The summed E-state index contributed by atoms with van der Waals surface area (Å²) >= 11 is 0. The van der Waals surface area contributed by atoms with Crippen LogP contribution in [0.25, 0.3) is 0 Å². The normalized spacial score (nSPS) is 60.6. The van der Waals surface area contributed by atoms with Gasteiger partial charge in [0.2, 0.25) is 0 Å². The lowest BCUT2D eigenvalue weighted by molar-refractivity contribution is -0.116. The van der Waals surface area contributed by atoms with Crippen molar-refractivity contribution in [3.8, 4) is 0 Å². The van der Waals surface area contributed by atoms with E-state index in [9.17, 15) is 4.79 Å². The minimum absolute atomic E-state index is 0.103. The van der Waals surface area contributed by atoms with Gasteiger partial charge in [-0.05, 0) is 110 Å². The smallest absolute Gasteiger partial charge is 0.155 e. The fourth-order valence-electron chi connectivity index (χ4n) is 10.9. The standard InChI is InChI=1S/C29H43NO2/c1-17-11-24-25(30-14-17)18(2)29(32-24)10-8-22-21-6-5-19-12-20(31)7-9-27(19,4)23(21)13-28(22)15-26(28,3)16-29/h12,17-18,21-25,30H,5-11,13-16H2,1-4H3/t17-,18+,21?,22-,23-,24+,25?,26?,27?,28?,29-/m0/s1. The molecule has 2 aliphatic heterocycles. The van der Waals surface area contributed by atoms with E-state index in [2.05, 4.69) is 39.1 Å². The van der Waals surface area contributed by atoms with Gasteiger partial charge < -0.3 is 10.1 Å². The second kappa shape index (κ2) is 6.30. The van der Waals surface area contributed by atoms with Crippen molar-refractivity contribution in [2.75, 3.05) is 6.54 Å². The Kier molecular flexibility index (Phi) is 4.07. The van der Waals surface area contributed by atoms with Crippen LogP contribution in [0.3, 0.4) is 0 Å². The third-order valence-corrected chi connectivity index (χ3v) is 12.7. The molecular formula is C29H43NO2. The Labute approximate surface area is 194 Å². The number of hydrogen-bond acceptors (Lipinski definition) is 3. The fraction of sp³-hybridized carbons (Fsp3) is 0.897. The molecule has 7 rings (SSSR count). The number of nitrogens with one attached hydrogen (secondary N) is 1. The van der Waals surface area contributed by atoms with Gasteiger partial charge in [0.15, 0.2) is 5.78 Å². The molecule has 7 aliphatic rings. The van der Waals surface area contributed by atoms with Gasteiger partial charge in [-0.1, -0.05) is 33.3 Å². The van der Waals surface area contributed by atoms with Crippen LogP contribution in [-0.4, -0.2) is 30.1 Å². The summed E-state index contributed by atoms with van der Waals surface area (Å²) in [6.45, 7) is 11.2. The molecule has 0 aromatic rings. The molecule has 2 heterocycles. The van der Waals surface area contributed by atoms with E-state index >= 15 is 0 Å². The van der Waals surface area contributed by atoms with Crippen LogP contribution >= 0.6 is 0 Å². The lowest BCUT2D eigenvalue weighted by Gasteiger charge is -2.48. The van der Waals surface area contributed by atoms with Crippen molar-refractivity contribution < 1.29 is 9.53 Å². The van der Waals surface area contributed by atoms with Crippen molar-refractivity contribution in [2.24, 2.45) is 45.8 Å². The molecule has 3 heteroatoms. The Bertz CT molecular complexity index is 896. The van der Waals surface area contributed by atoms with Crippen LogP contribution in [0.5, 0.6) is 0 Å². The quantitative estimate of drug-likeness (QED) is 0.530. The average molecular weight is 438 g/mol. The van der Waals surface area contributed by atoms with Crippen molar-refractivity contribution in [3.63, 3.8) is 0 Å². The first kappa shape index (κ1) is 20.7. The van der Waals surface area contributed by atoms with Gasteiger partial charge in [-0.25, -0.2) is 0 Å². The third-order valence-electron chi connectivity index (χ3n) is 12.7. The number of carbonyl (C=O) groups excluding carboxylic acids is 1. The summed E-state index contributed by atoms with van der Waals surface area (Å²) in [5.41, 5.74) is 2.93. The molecule has 11 atom stereocenters. The van der Waals surface area contributed by atoms with Gasteiger partial charge >= 0.3 is 0 Å². The molecule has 2 spiro atoms. The van der Waals surface area contributed by atoms with E-state index < -0.39 is 0 Å². The number of hydrogen-bond donors (Lipinski definition) is 1. The first-order valence-electron chi connectivity index (χ1n) is 13.8. The second-order valence-corrected chi connectivity index (χ2v) is 14.1. The highest BCUT2D eigenvalue weighted by Gasteiger charge is 2.77. The van der Waals surface area contributed by atoms with Crippen LogP contribution in [-0.2, 0) is 9.53 Å². The molecule has 176 valence electrons. The van der Waals surface area contributed by atoms with Crippen LogP contribution in [0.4, 0.5) is 0 Å². The Balaban J connectivity index is 1.20. The van der Waals surface area contributed by atoms with E-state index in [1.165, 1.54) is 56.9 Å². The van der Waals surface area contributed by atoms with Gasteiger partial charge in [-0.3, -0.25) is 4.79 Å². The van der Waals surface area contributed by atoms with Gasteiger partial charge in [0.05, 0.1) is 11.7 Å². The van der Waals surface area contributed by atoms with Crippen molar-refractivity contribution in [1.82, 2.24) is 5.32 Å². The lowest BCUT2D eigenvalue weighted by atomic mass is 9.56. The third kappa shape index (κ3) is 2.43. The molecule has 0 aromatic carbocycles. The largest absolute Gasteiger partial charge is 0.370 e. The van der Waals surface area contributed by atoms with E-state index in [4.69, 9.17) is 4.74 Å². The highest BCUT2D eigenvalue weighted by molar-refractivity contribution is 5.91. The maximum atomic E-state index is 12.2. The summed E-state index contributed by atoms with van der Waals surface area (Å²) in [5, 5.41) is 3.89. The molecule has 2 saturated heterocycles. The zero-order valence-corrected chi connectivity index (χ0v) is 20.7. The maximum absolute atomic E-state index is 12.2. The van der Waals surface area contributed by atoms with E-state index in [0.29, 0.717) is 40.1 Å². The SMILES string of the molecule is C[C@@H]1CNC2[C@@H](C)[C@@]3(CC[C@H]4C5CCC6=CC(=O)CCC6(C)[C@H]5CC45CC5(C)C3)O[C@@H]2C1. The van der Waals surface area contributed by atoms with Crippen molar-refractivity contribution in [3.05, 3.63) is 11.6 Å². The number of piperidine rings is 1. The second-order valence-electron chi connectivity index (χ2n) is 14.1.